The number of amides is 4. The van der Waals surface area contributed by atoms with Crippen molar-refractivity contribution in [2.75, 3.05) is 33.4 Å². The molecule has 4 bridgehead atoms. The summed E-state index contributed by atoms with van der Waals surface area (Å²) in [6.45, 7) is 3.47. The van der Waals surface area contributed by atoms with Crippen LogP contribution in [0, 0.1) is 0 Å². The van der Waals surface area contributed by atoms with E-state index in [-0.39, 0.29) is 30.2 Å². The monoisotopic (exact) mass is 510 g/mol. The molecule has 10 heteroatoms. The van der Waals surface area contributed by atoms with Crippen molar-refractivity contribution in [2.45, 2.75) is 44.9 Å². The number of ether oxygens (including phenoxy) is 3. The van der Waals surface area contributed by atoms with Gasteiger partial charge in [-0.3, -0.25) is 9.59 Å². The number of methoxy groups -OCH3 is 1. The first-order valence-electron chi connectivity index (χ1n) is 12.6. The molecule has 3 heterocycles. The maximum atomic E-state index is 13.2. The number of carbonyl (C=O) groups is 3. The highest BCUT2D eigenvalue weighted by Gasteiger charge is 2.38. The molecular weight excluding hydrogens is 476 g/mol. The average Bonchev–Trinajstić information content (AvgIpc) is 3.30. The first-order chi connectivity index (χ1) is 18.0. The molecule has 0 saturated carbocycles. The van der Waals surface area contributed by atoms with E-state index < -0.39 is 12.1 Å². The molecule has 1 fully saturated rings. The lowest BCUT2D eigenvalue weighted by molar-refractivity contribution is -0.123. The first-order valence-corrected chi connectivity index (χ1v) is 12.6. The Morgan fingerprint density at radius 1 is 1.14 bits per heavy atom. The quantitative estimate of drug-likeness (QED) is 0.532. The smallest absolute Gasteiger partial charge is 0.317 e. The van der Waals surface area contributed by atoms with Gasteiger partial charge in [-0.2, -0.15) is 0 Å². The van der Waals surface area contributed by atoms with Crippen LogP contribution >= 0.6 is 0 Å². The molecule has 3 aliphatic heterocycles. The van der Waals surface area contributed by atoms with Crippen LogP contribution in [0.5, 0.6) is 17.2 Å². The molecule has 2 aromatic carbocycles. The van der Waals surface area contributed by atoms with E-state index in [9.17, 15) is 14.4 Å². The van der Waals surface area contributed by atoms with Gasteiger partial charge in [-0.15, -0.1) is 0 Å². The van der Waals surface area contributed by atoms with E-state index in [0.29, 0.717) is 43.2 Å². The van der Waals surface area contributed by atoms with Crippen molar-refractivity contribution in [3.63, 3.8) is 0 Å². The summed E-state index contributed by atoms with van der Waals surface area (Å²) in [5.41, 5.74) is 1.24. The zero-order chi connectivity index (χ0) is 26.2. The number of benzene rings is 2. The van der Waals surface area contributed by atoms with Crippen LogP contribution in [0.15, 0.2) is 42.5 Å². The summed E-state index contributed by atoms with van der Waals surface area (Å²) in [7, 11) is 1.49. The molecule has 1 saturated heterocycles. The number of fused-ring (bicyclic) bond motifs is 7. The van der Waals surface area contributed by atoms with Gasteiger partial charge in [0.1, 0.15) is 11.9 Å². The third-order valence-electron chi connectivity index (χ3n) is 6.41. The van der Waals surface area contributed by atoms with E-state index in [0.717, 1.165) is 24.8 Å². The highest BCUT2D eigenvalue weighted by Crippen LogP contribution is 2.28. The van der Waals surface area contributed by atoms with Gasteiger partial charge in [-0.1, -0.05) is 31.9 Å². The molecule has 0 aliphatic carbocycles. The average molecular weight is 511 g/mol. The first kappa shape index (κ1) is 26.1. The van der Waals surface area contributed by atoms with Crippen molar-refractivity contribution < 1.29 is 28.6 Å². The number of nitrogens with one attached hydrogen (secondary N) is 3. The number of rotatable bonds is 5. The van der Waals surface area contributed by atoms with Gasteiger partial charge in [0.15, 0.2) is 18.1 Å². The van der Waals surface area contributed by atoms with Gasteiger partial charge in [0.2, 0.25) is 0 Å². The van der Waals surface area contributed by atoms with E-state index in [1.54, 1.807) is 23.1 Å². The molecule has 0 radical (unpaired) electrons. The lowest BCUT2D eigenvalue weighted by Gasteiger charge is -2.21. The molecule has 3 N–H and O–H groups in total. The van der Waals surface area contributed by atoms with Crippen LogP contribution in [0.4, 0.5) is 4.79 Å². The minimum Gasteiger partial charge on any atom is -0.493 e. The third kappa shape index (κ3) is 6.84. The van der Waals surface area contributed by atoms with Crippen LogP contribution in [0.25, 0.3) is 0 Å². The van der Waals surface area contributed by atoms with Gasteiger partial charge in [0.25, 0.3) is 11.8 Å². The minimum atomic E-state index is -0.444. The van der Waals surface area contributed by atoms with Crippen molar-refractivity contribution in [1.29, 1.82) is 0 Å². The van der Waals surface area contributed by atoms with Crippen LogP contribution < -0.4 is 30.2 Å². The van der Waals surface area contributed by atoms with Gasteiger partial charge in [-0.25, -0.2) is 4.79 Å². The molecule has 0 spiro atoms. The van der Waals surface area contributed by atoms with Gasteiger partial charge in [0, 0.05) is 25.2 Å². The van der Waals surface area contributed by atoms with E-state index >= 15 is 0 Å². The van der Waals surface area contributed by atoms with Gasteiger partial charge in [0.05, 0.1) is 19.7 Å². The molecule has 10 nitrogen and oxygen atoms in total. The van der Waals surface area contributed by atoms with Crippen molar-refractivity contribution in [3.05, 3.63) is 53.6 Å². The number of nitrogens with zero attached hydrogens (tertiary/aromatic N) is 1. The summed E-state index contributed by atoms with van der Waals surface area (Å²) in [5, 5.41) is 8.79. The zero-order valence-corrected chi connectivity index (χ0v) is 21.2. The number of urea groups is 1. The van der Waals surface area contributed by atoms with Crippen molar-refractivity contribution in [2.24, 2.45) is 0 Å². The Kier molecular flexibility index (Phi) is 8.71. The second-order valence-electron chi connectivity index (χ2n) is 9.16. The molecule has 3 aliphatic rings. The number of hydrogen-bond acceptors (Lipinski definition) is 6. The Labute approximate surface area is 216 Å². The Balaban J connectivity index is 1.57. The van der Waals surface area contributed by atoms with Crippen LogP contribution in [-0.4, -0.2) is 68.2 Å². The Bertz CT molecular complexity index is 1110. The molecular formula is C27H34N4O6. The standard InChI is InChI=1S/C27H34N4O6/c1-3-4-5-12-28-27(34)31-15-21-24(16-31)37-20-9-6-18(7-10-20)14-29-25(32)17-36-23-13-19(26(33)30-21)8-11-22(23)35-2/h6-11,13,21,24H,3-5,12,14-17H2,1-2H3,(H,28,34)(H,29,32)(H,30,33)/t21-,24-/m0/s1. The molecule has 2 atom stereocenters. The molecule has 2 aromatic rings. The lowest BCUT2D eigenvalue weighted by Crippen LogP contribution is -2.45. The maximum absolute atomic E-state index is 13.2. The van der Waals surface area contributed by atoms with E-state index in [4.69, 9.17) is 14.2 Å². The molecule has 5 rings (SSSR count). The van der Waals surface area contributed by atoms with Gasteiger partial charge in [-0.05, 0) is 42.3 Å². The largest absolute Gasteiger partial charge is 0.493 e. The topological polar surface area (TPSA) is 118 Å². The van der Waals surface area contributed by atoms with Crippen LogP contribution in [0.2, 0.25) is 0 Å². The van der Waals surface area contributed by atoms with E-state index in [1.165, 1.54) is 7.11 Å². The van der Waals surface area contributed by atoms with Crippen LogP contribution in [-0.2, 0) is 11.3 Å². The van der Waals surface area contributed by atoms with E-state index in [1.807, 2.05) is 24.3 Å². The molecule has 0 unspecified atom stereocenters. The Morgan fingerprint density at radius 2 is 1.95 bits per heavy atom. The summed E-state index contributed by atoms with van der Waals surface area (Å²) in [6.07, 6.45) is 2.61. The summed E-state index contributed by atoms with van der Waals surface area (Å²) in [5.74, 6) is 0.657. The Hall–Kier alpha value is -3.95. The molecule has 37 heavy (non-hydrogen) atoms. The van der Waals surface area contributed by atoms with E-state index in [2.05, 4.69) is 22.9 Å². The fourth-order valence-corrected chi connectivity index (χ4v) is 4.32. The van der Waals surface area contributed by atoms with Gasteiger partial charge < -0.3 is 35.1 Å². The predicted octanol–water partition coefficient (Wildman–Crippen LogP) is 2.47. The summed E-state index contributed by atoms with van der Waals surface area (Å²) >= 11 is 0. The molecule has 0 aromatic heterocycles. The maximum Gasteiger partial charge on any atom is 0.317 e. The highest BCUT2D eigenvalue weighted by atomic mass is 16.5. The summed E-state index contributed by atoms with van der Waals surface area (Å²) in [6, 6.07) is 11.5. The Morgan fingerprint density at radius 3 is 2.70 bits per heavy atom. The number of hydrogen-bond donors (Lipinski definition) is 3. The number of likely N-dealkylation sites (tertiary alicyclic amines) is 1. The fraction of sp³-hybridized carbons (Fsp3) is 0.444. The fourth-order valence-electron chi connectivity index (χ4n) is 4.32. The van der Waals surface area contributed by atoms with Gasteiger partial charge >= 0.3 is 6.03 Å². The van der Waals surface area contributed by atoms with Crippen molar-refractivity contribution in [1.82, 2.24) is 20.9 Å². The second kappa shape index (κ2) is 12.3. The predicted molar refractivity (Wildman–Crippen MR) is 137 cm³/mol. The second-order valence-corrected chi connectivity index (χ2v) is 9.16. The van der Waals surface area contributed by atoms with Crippen molar-refractivity contribution >= 4 is 17.8 Å². The molecule has 198 valence electrons. The normalized spacial score (nSPS) is 19.6. The SMILES string of the molecule is CCCCCNC(=O)N1C[C@@H]2NC(=O)c3ccc(OC)c(c3)OCC(=O)NCc3ccc(cc3)O[C@H]2C1. The highest BCUT2D eigenvalue weighted by molar-refractivity contribution is 5.95. The number of unbranched alkanes of at least 4 members (excludes halogenated alkanes) is 2. The van der Waals surface area contributed by atoms with Crippen molar-refractivity contribution in [3.8, 4) is 17.2 Å². The summed E-state index contributed by atoms with van der Waals surface area (Å²) in [4.78, 5) is 40.0. The van der Waals surface area contributed by atoms with Crippen LogP contribution in [0.1, 0.15) is 42.1 Å². The summed E-state index contributed by atoms with van der Waals surface area (Å²) < 4.78 is 17.2. The number of carbonyl (C=O) groups excluding carboxylic acids is 3. The van der Waals surface area contributed by atoms with Crippen LogP contribution in [0.3, 0.4) is 0 Å². The molecule has 4 amide bonds. The lowest BCUT2D eigenvalue weighted by atomic mass is 10.1. The zero-order valence-electron chi connectivity index (χ0n) is 21.2. The minimum absolute atomic E-state index is 0.171. The third-order valence-corrected chi connectivity index (χ3v) is 6.41.